The molecule has 13 heavy (non-hydrogen) atoms. The molecule has 3 unspecified atom stereocenters. The van der Waals surface area contributed by atoms with E-state index in [1.165, 1.54) is 37.7 Å². The summed E-state index contributed by atoms with van der Waals surface area (Å²) in [7, 11) is 0. The highest BCUT2D eigenvalue weighted by atomic mass is 14.3. The minimum Gasteiger partial charge on any atom is -0.0999 e. The van der Waals surface area contributed by atoms with E-state index in [1.807, 2.05) is 0 Å². The lowest BCUT2D eigenvalue weighted by atomic mass is 9.75. The fourth-order valence-electron chi connectivity index (χ4n) is 2.40. The molecule has 0 aliphatic heterocycles. The van der Waals surface area contributed by atoms with Crippen molar-refractivity contribution in [1.29, 1.82) is 0 Å². The Labute approximate surface area is 83.4 Å². The molecule has 0 bridgehead atoms. The van der Waals surface area contributed by atoms with Crippen LogP contribution in [0, 0.1) is 17.8 Å². The van der Waals surface area contributed by atoms with Crippen LogP contribution >= 0.6 is 0 Å². The van der Waals surface area contributed by atoms with Crippen molar-refractivity contribution in [2.24, 2.45) is 17.8 Å². The zero-order valence-corrected chi connectivity index (χ0v) is 9.47. The number of hydrogen-bond donors (Lipinski definition) is 0. The summed E-state index contributed by atoms with van der Waals surface area (Å²) in [6.07, 6.45) is 7.19. The summed E-state index contributed by atoms with van der Waals surface area (Å²) in [4.78, 5) is 0. The van der Waals surface area contributed by atoms with Gasteiger partial charge in [0.05, 0.1) is 0 Å². The van der Waals surface area contributed by atoms with Gasteiger partial charge in [-0.2, -0.15) is 0 Å². The Morgan fingerprint density at radius 1 is 1.38 bits per heavy atom. The van der Waals surface area contributed by atoms with Crippen molar-refractivity contribution in [2.75, 3.05) is 0 Å². The monoisotopic (exact) mass is 180 g/mol. The van der Waals surface area contributed by atoms with Gasteiger partial charge >= 0.3 is 0 Å². The van der Waals surface area contributed by atoms with Crippen LogP contribution in [0.3, 0.4) is 0 Å². The Morgan fingerprint density at radius 3 is 2.54 bits per heavy atom. The topological polar surface area (TPSA) is 0 Å². The fourth-order valence-corrected chi connectivity index (χ4v) is 2.40. The minimum atomic E-state index is 0.727. The Morgan fingerprint density at radius 2 is 2.00 bits per heavy atom. The van der Waals surface area contributed by atoms with Crippen molar-refractivity contribution in [3.05, 3.63) is 12.2 Å². The lowest BCUT2D eigenvalue weighted by molar-refractivity contribution is 0.224. The van der Waals surface area contributed by atoms with E-state index in [4.69, 9.17) is 0 Å². The maximum Gasteiger partial charge on any atom is -0.0234 e. The van der Waals surface area contributed by atoms with Crippen LogP contribution < -0.4 is 0 Å². The van der Waals surface area contributed by atoms with E-state index in [2.05, 4.69) is 27.4 Å². The summed E-state index contributed by atoms with van der Waals surface area (Å²) in [5.74, 6) is 2.65. The third-order valence-electron chi connectivity index (χ3n) is 3.79. The van der Waals surface area contributed by atoms with E-state index >= 15 is 0 Å². The highest BCUT2D eigenvalue weighted by molar-refractivity contribution is 4.95. The molecule has 0 N–H and O–H groups in total. The van der Waals surface area contributed by atoms with Gasteiger partial charge < -0.3 is 0 Å². The van der Waals surface area contributed by atoms with Gasteiger partial charge in [0.2, 0.25) is 0 Å². The first-order valence-corrected chi connectivity index (χ1v) is 5.76. The first-order valence-electron chi connectivity index (χ1n) is 5.76. The lowest BCUT2D eigenvalue weighted by Crippen LogP contribution is -2.19. The van der Waals surface area contributed by atoms with Gasteiger partial charge in [-0.25, -0.2) is 0 Å². The maximum atomic E-state index is 4.05. The van der Waals surface area contributed by atoms with Gasteiger partial charge in [0, 0.05) is 0 Å². The van der Waals surface area contributed by atoms with Crippen molar-refractivity contribution in [3.8, 4) is 0 Å². The summed E-state index contributed by atoms with van der Waals surface area (Å²) < 4.78 is 0. The fraction of sp³-hybridized carbons (Fsp3) is 0.846. The minimum absolute atomic E-state index is 0.727. The molecule has 1 saturated carbocycles. The van der Waals surface area contributed by atoms with E-state index in [0.29, 0.717) is 0 Å². The molecule has 3 atom stereocenters. The molecule has 0 aromatic carbocycles. The van der Waals surface area contributed by atoms with Crippen LogP contribution in [-0.4, -0.2) is 0 Å². The number of hydrogen-bond acceptors (Lipinski definition) is 0. The number of rotatable bonds is 3. The average molecular weight is 180 g/mol. The molecule has 0 amide bonds. The molecule has 76 valence electrons. The first kappa shape index (κ1) is 10.8. The summed E-state index contributed by atoms with van der Waals surface area (Å²) in [6.45, 7) is 11.0. The predicted molar refractivity (Wildman–Crippen MR) is 59.7 cm³/mol. The first-order chi connectivity index (χ1) is 6.11. The van der Waals surface area contributed by atoms with Crippen LogP contribution in [0.25, 0.3) is 0 Å². The second-order valence-corrected chi connectivity index (χ2v) is 5.00. The molecule has 0 radical (unpaired) electrons. The zero-order chi connectivity index (χ0) is 9.84. The van der Waals surface area contributed by atoms with Crippen LogP contribution in [0.4, 0.5) is 0 Å². The molecule has 0 spiro atoms. The molecule has 0 aromatic rings. The van der Waals surface area contributed by atoms with E-state index in [9.17, 15) is 0 Å². The zero-order valence-electron chi connectivity index (χ0n) is 9.47. The van der Waals surface area contributed by atoms with Crippen LogP contribution in [0.1, 0.15) is 52.9 Å². The van der Waals surface area contributed by atoms with E-state index in [1.54, 1.807) is 0 Å². The highest BCUT2D eigenvalue weighted by Gasteiger charge is 2.22. The van der Waals surface area contributed by atoms with E-state index < -0.39 is 0 Å². The van der Waals surface area contributed by atoms with Gasteiger partial charge in [-0.15, -0.1) is 0 Å². The lowest BCUT2D eigenvalue weighted by Gasteiger charge is -2.30. The summed E-state index contributed by atoms with van der Waals surface area (Å²) >= 11 is 0. The molecule has 0 aromatic heterocycles. The second kappa shape index (κ2) is 4.83. The van der Waals surface area contributed by atoms with Crippen LogP contribution in [0.15, 0.2) is 12.2 Å². The Bertz CT molecular complexity index is 169. The third kappa shape index (κ3) is 3.17. The molecule has 1 aliphatic rings. The Hall–Kier alpha value is -0.260. The van der Waals surface area contributed by atoms with Gasteiger partial charge in [-0.05, 0) is 31.1 Å². The van der Waals surface area contributed by atoms with Gasteiger partial charge in [0.25, 0.3) is 0 Å². The summed E-state index contributed by atoms with van der Waals surface area (Å²) in [5, 5.41) is 0. The maximum absolute atomic E-state index is 4.05. The van der Waals surface area contributed by atoms with Crippen molar-refractivity contribution >= 4 is 0 Å². The van der Waals surface area contributed by atoms with E-state index in [-0.39, 0.29) is 0 Å². The van der Waals surface area contributed by atoms with Gasteiger partial charge in [-0.3, -0.25) is 0 Å². The molecular weight excluding hydrogens is 156 g/mol. The molecule has 1 aliphatic carbocycles. The quantitative estimate of drug-likeness (QED) is 0.564. The van der Waals surface area contributed by atoms with Crippen LogP contribution in [0.5, 0.6) is 0 Å². The molecule has 0 heteroatoms. The molecular formula is C13H24. The molecule has 1 rings (SSSR count). The van der Waals surface area contributed by atoms with Crippen molar-refractivity contribution < 1.29 is 0 Å². The van der Waals surface area contributed by atoms with Gasteiger partial charge in [-0.1, -0.05) is 51.7 Å². The SMILES string of the molecule is C=C(C)C(C)CC1CCCCC1C. The molecule has 1 fully saturated rings. The van der Waals surface area contributed by atoms with Gasteiger partial charge in [0.1, 0.15) is 0 Å². The predicted octanol–water partition coefficient (Wildman–Crippen LogP) is 4.42. The van der Waals surface area contributed by atoms with Crippen molar-refractivity contribution in [2.45, 2.75) is 52.9 Å². The second-order valence-electron chi connectivity index (χ2n) is 5.00. The van der Waals surface area contributed by atoms with Crippen molar-refractivity contribution in [1.82, 2.24) is 0 Å². The van der Waals surface area contributed by atoms with Crippen LogP contribution in [-0.2, 0) is 0 Å². The largest absolute Gasteiger partial charge is 0.0999 e. The van der Waals surface area contributed by atoms with Gasteiger partial charge in [0.15, 0.2) is 0 Å². The van der Waals surface area contributed by atoms with Crippen LogP contribution in [0.2, 0.25) is 0 Å². The Kier molecular flexibility index (Phi) is 4.02. The Balaban J connectivity index is 2.37. The smallest absolute Gasteiger partial charge is 0.0234 e. The summed E-state index contributed by atoms with van der Waals surface area (Å²) in [5.41, 5.74) is 1.36. The molecule has 0 saturated heterocycles. The van der Waals surface area contributed by atoms with Crippen molar-refractivity contribution in [3.63, 3.8) is 0 Å². The molecule has 0 nitrogen and oxygen atoms in total. The average Bonchev–Trinajstić information content (AvgIpc) is 2.08. The third-order valence-corrected chi connectivity index (χ3v) is 3.79. The highest BCUT2D eigenvalue weighted by Crippen LogP contribution is 2.35. The standard InChI is InChI=1S/C13H24/c1-10(2)12(4)9-13-8-6-5-7-11(13)3/h11-13H,1,5-9H2,2-4H3. The summed E-state index contributed by atoms with van der Waals surface area (Å²) in [6, 6.07) is 0. The molecule has 0 heterocycles. The number of allylic oxidation sites excluding steroid dienone is 1. The van der Waals surface area contributed by atoms with E-state index in [0.717, 1.165) is 17.8 Å². The normalized spacial score (nSPS) is 31.3.